The van der Waals surface area contributed by atoms with Crippen molar-refractivity contribution in [2.45, 2.75) is 71.8 Å². The maximum atomic E-state index is 12.9. The van der Waals surface area contributed by atoms with Crippen LogP contribution in [0.25, 0.3) is 0 Å². The van der Waals surface area contributed by atoms with E-state index in [2.05, 4.69) is 36.1 Å². The molecule has 2 heterocycles. The molecule has 1 atom stereocenters. The van der Waals surface area contributed by atoms with Gasteiger partial charge in [-0.1, -0.05) is 32.9 Å². The molecule has 0 bridgehead atoms. The molecular formula is C30H40N4O7. The van der Waals surface area contributed by atoms with Gasteiger partial charge in [0.25, 0.3) is 5.91 Å². The van der Waals surface area contributed by atoms with Crippen LogP contribution in [0.2, 0.25) is 0 Å². The number of hydrogen-bond acceptors (Lipinski definition) is 8. The van der Waals surface area contributed by atoms with E-state index >= 15 is 0 Å². The predicted molar refractivity (Wildman–Crippen MR) is 153 cm³/mol. The smallest absolute Gasteiger partial charge is 0.328 e. The van der Waals surface area contributed by atoms with E-state index in [1.165, 1.54) is 0 Å². The number of carbonyl (C=O) groups is 4. The number of benzene rings is 1. The molecule has 11 heteroatoms. The molecule has 5 N–H and O–H groups in total. The number of carbonyl (C=O) groups excluding carboxylic acids is 3. The number of Topliss-reactive ketones (excluding diaryl/α,β-unsaturated/α-hetero) is 1. The lowest BCUT2D eigenvalue weighted by Gasteiger charge is -2.18. The first-order valence-corrected chi connectivity index (χ1v) is 13.9. The molecule has 0 aliphatic carbocycles. The van der Waals surface area contributed by atoms with E-state index < -0.39 is 23.9 Å². The van der Waals surface area contributed by atoms with E-state index in [1.54, 1.807) is 30.5 Å². The van der Waals surface area contributed by atoms with Crippen molar-refractivity contribution >= 4 is 35.3 Å². The zero-order valence-electron chi connectivity index (χ0n) is 24.0. The van der Waals surface area contributed by atoms with Crippen LogP contribution in [-0.4, -0.2) is 65.4 Å². The highest BCUT2D eigenvalue weighted by molar-refractivity contribution is 6.15. The predicted octanol–water partition coefficient (Wildman–Crippen LogP) is 3.72. The number of aliphatic imine (C=N–C) groups is 1. The van der Waals surface area contributed by atoms with Crippen molar-refractivity contribution in [3.05, 3.63) is 52.7 Å². The number of fused-ring (bicyclic) bond motifs is 1. The summed E-state index contributed by atoms with van der Waals surface area (Å²) in [5.41, 5.74) is 8.63. The number of aliphatic carboxylic acids is 1. The van der Waals surface area contributed by atoms with E-state index in [-0.39, 0.29) is 43.7 Å². The van der Waals surface area contributed by atoms with E-state index in [1.807, 2.05) is 0 Å². The van der Waals surface area contributed by atoms with Crippen molar-refractivity contribution in [1.29, 1.82) is 0 Å². The van der Waals surface area contributed by atoms with Gasteiger partial charge in [0.2, 0.25) is 0 Å². The number of carboxylic acids is 1. The number of rotatable bonds is 15. The first kappa shape index (κ1) is 31.5. The first-order chi connectivity index (χ1) is 19.4. The number of ether oxygens (including phenoxy) is 2. The number of H-pyrrole nitrogens is 1. The van der Waals surface area contributed by atoms with Gasteiger partial charge in [0, 0.05) is 24.8 Å². The Morgan fingerprint density at radius 3 is 2.54 bits per heavy atom. The zero-order valence-corrected chi connectivity index (χ0v) is 24.0. The van der Waals surface area contributed by atoms with E-state index in [9.17, 15) is 19.2 Å². The number of amides is 1. The molecule has 222 valence electrons. The molecule has 0 radical (unpaired) electrons. The molecule has 3 rings (SSSR count). The second-order valence-electron chi connectivity index (χ2n) is 11.3. The number of aromatic nitrogens is 1. The molecule has 0 saturated carbocycles. The number of ketones is 1. The lowest BCUT2D eigenvalue weighted by atomic mass is 9.91. The highest BCUT2D eigenvalue weighted by Gasteiger charge is 2.25. The topological polar surface area (TPSA) is 173 Å². The number of nitrogens with two attached hydrogens (primary N) is 1. The van der Waals surface area contributed by atoms with Crippen molar-refractivity contribution in [2.24, 2.45) is 16.1 Å². The molecule has 0 saturated heterocycles. The minimum atomic E-state index is -1.10. The lowest BCUT2D eigenvalue weighted by molar-refractivity contribution is -0.148. The fraction of sp³-hybridized carbons (Fsp3) is 0.500. The van der Waals surface area contributed by atoms with Gasteiger partial charge in [-0.15, -0.1) is 0 Å². The monoisotopic (exact) mass is 568 g/mol. The molecule has 2 aromatic rings. The molecule has 11 nitrogen and oxygen atoms in total. The summed E-state index contributed by atoms with van der Waals surface area (Å²) in [4.78, 5) is 56.1. The third-order valence-corrected chi connectivity index (χ3v) is 6.64. The SMILES string of the molecule is CC(C)(C)CCCOCCOC(=O)[C@H](CCC(=O)O)NC(=O)c1ccc(CCc2c[nH]c3c2C(=O)CC(N)=N3)cc1. The average molecular weight is 569 g/mol. The van der Waals surface area contributed by atoms with Gasteiger partial charge in [-0.05, 0) is 60.8 Å². The quantitative estimate of drug-likeness (QED) is 0.186. The van der Waals surface area contributed by atoms with Crippen LogP contribution in [0.15, 0.2) is 35.5 Å². The molecular weight excluding hydrogens is 528 g/mol. The number of nitrogens with one attached hydrogen (secondary N) is 2. The van der Waals surface area contributed by atoms with E-state index in [0.717, 1.165) is 24.0 Å². The molecule has 0 unspecified atom stereocenters. The maximum absolute atomic E-state index is 12.9. The summed E-state index contributed by atoms with van der Waals surface area (Å²) in [6, 6.07) is 5.77. The Hall–Kier alpha value is -3.99. The Morgan fingerprint density at radius 2 is 1.85 bits per heavy atom. The number of amidine groups is 1. The van der Waals surface area contributed by atoms with Crippen LogP contribution in [0, 0.1) is 5.41 Å². The third-order valence-electron chi connectivity index (χ3n) is 6.64. The summed E-state index contributed by atoms with van der Waals surface area (Å²) in [5, 5.41) is 11.7. The Labute approximate surface area is 239 Å². The van der Waals surface area contributed by atoms with Crippen molar-refractivity contribution in [3.63, 3.8) is 0 Å². The Morgan fingerprint density at radius 1 is 1.12 bits per heavy atom. The number of esters is 1. The average Bonchev–Trinajstić information content (AvgIpc) is 3.31. The van der Waals surface area contributed by atoms with Gasteiger partial charge in [-0.3, -0.25) is 14.4 Å². The van der Waals surface area contributed by atoms with Crippen LogP contribution in [0.5, 0.6) is 0 Å². The van der Waals surface area contributed by atoms with E-state index in [0.29, 0.717) is 42.2 Å². The minimum Gasteiger partial charge on any atom is -0.481 e. The second kappa shape index (κ2) is 14.6. The summed E-state index contributed by atoms with van der Waals surface area (Å²) < 4.78 is 10.8. The number of nitrogens with zero attached hydrogens (tertiary/aromatic N) is 1. The fourth-order valence-corrected chi connectivity index (χ4v) is 4.45. The van der Waals surface area contributed by atoms with Crippen molar-refractivity contribution in [2.75, 3.05) is 19.8 Å². The standard InChI is InChI=1S/C30H40N4O7/c1-30(2,3)13-4-14-40-15-16-41-29(39)22(11-12-25(36)37)33-28(38)20-8-5-19(6-9-20)7-10-21-18-32-27-26(21)23(35)17-24(31)34-27/h5-6,8-9,18,22,32H,4,7,10-17H2,1-3H3,(H2,31,34)(H,33,38)(H,36,37)/t22-/m0/s1. The Balaban J connectivity index is 1.50. The first-order valence-electron chi connectivity index (χ1n) is 13.9. The summed E-state index contributed by atoms with van der Waals surface area (Å²) >= 11 is 0. The number of aromatic amines is 1. The number of carboxylic acid groups (broad SMARTS) is 1. The van der Waals surface area contributed by atoms with Crippen molar-refractivity contribution in [3.8, 4) is 0 Å². The van der Waals surface area contributed by atoms with Gasteiger partial charge >= 0.3 is 11.9 Å². The number of aryl methyl sites for hydroxylation is 2. The molecule has 1 amide bonds. The Bertz CT molecular complexity index is 1260. The summed E-state index contributed by atoms with van der Waals surface area (Å²) in [7, 11) is 0. The molecule has 0 spiro atoms. The minimum absolute atomic E-state index is 0.0121. The van der Waals surface area contributed by atoms with E-state index in [4.69, 9.17) is 20.3 Å². The van der Waals surface area contributed by atoms with Crippen LogP contribution in [0.1, 0.15) is 84.7 Å². The van der Waals surface area contributed by atoms with Crippen LogP contribution >= 0.6 is 0 Å². The fourth-order valence-electron chi connectivity index (χ4n) is 4.45. The van der Waals surface area contributed by atoms with Crippen molar-refractivity contribution < 1.29 is 33.8 Å². The number of hydrogen-bond donors (Lipinski definition) is 4. The van der Waals surface area contributed by atoms with Gasteiger partial charge in [-0.2, -0.15) is 0 Å². The van der Waals surface area contributed by atoms with Crippen LogP contribution in [-0.2, 0) is 31.9 Å². The van der Waals surface area contributed by atoms with Gasteiger partial charge in [0.1, 0.15) is 24.3 Å². The van der Waals surface area contributed by atoms with Gasteiger partial charge in [-0.25, -0.2) is 9.79 Å². The molecule has 0 fully saturated rings. The summed E-state index contributed by atoms with van der Waals surface area (Å²) in [5.74, 6) is -1.58. The molecule has 1 aliphatic heterocycles. The third kappa shape index (κ3) is 10.2. The largest absolute Gasteiger partial charge is 0.481 e. The molecule has 1 aliphatic rings. The molecule has 41 heavy (non-hydrogen) atoms. The molecule has 1 aromatic heterocycles. The highest BCUT2D eigenvalue weighted by Crippen LogP contribution is 2.28. The molecule has 1 aromatic carbocycles. The second-order valence-corrected chi connectivity index (χ2v) is 11.3. The zero-order chi connectivity index (χ0) is 30.0. The highest BCUT2D eigenvalue weighted by atomic mass is 16.6. The van der Waals surface area contributed by atoms with Crippen LogP contribution < -0.4 is 11.1 Å². The summed E-state index contributed by atoms with van der Waals surface area (Å²) in [6.07, 6.45) is 4.61. The van der Waals surface area contributed by atoms with Gasteiger partial charge < -0.3 is 30.6 Å². The van der Waals surface area contributed by atoms with Crippen LogP contribution in [0.4, 0.5) is 5.82 Å². The maximum Gasteiger partial charge on any atom is 0.328 e. The van der Waals surface area contributed by atoms with Crippen LogP contribution in [0.3, 0.4) is 0 Å². The normalized spacial score (nSPS) is 13.7. The van der Waals surface area contributed by atoms with Gasteiger partial charge in [0.15, 0.2) is 5.78 Å². The summed E-state index contributed by atoms with van der Waals surface area (Å²) in [6.45, 7) is 7.25. The van der Waals surface area contributed by atoms with Crippen molar-refractivity contribution in [1.82, 2.24) is 10.3 Å². The Kier molecular flexibility index (Phi) is 11.2. The van der Waals surface area contributed by atoms with Gasteiger partial charge in [0.05, 0.1) is 18.6 Å². The lowest BCUT2D eigenvalue weighted by Crippen LogP contribution is -2.42.